The topological polar surface area (TPSA) is 106 Å². The van der Waals surface area contributed by atoms with Crippen molar-refractivity contribution in [1.29, 1.82) is 0 Å². The van der Waals surface area contributed by atoms with Crippen LogP contribution in [0.1, 0.15) is 5.69 Å². The number of nitro groups is 1. The first-order chi connectivity index (χ1) is 11.1. The number of aromatic nitrogens is 1. The summed E-state index contributed by atoms with van der Waals surface area (Å²) < 4.78 is 5.06. The van der Waals surface area contributed by atoms with E-state index in [0.29, 0.717) is 12.2 Å². The van der Waals surface area contributed by atoms with Crippen LogP contribution in [-0.2, 0) is 11.3 Å². The second-order valence-corrected chi connectivity index (χ2v) is 4.61. The standard InChI is InChI=1S/C15H16N4O4/c1-23-14-8-12(19(21)22)5-6-13(14)18-15(20)10-16-9-11-4-2-3-7-17-11/h2-8,16H,9-10H2,1H3,(H,18,20). The third-order valence-electron chi connectivity index (χ3n) is 2.99. The Hall–Kier alpha value is -3.00. The van der Waals surface area contributed by atoms with E-state index in [2.05, 4.69) is 15.6 Å². The van der Waals surface area contributed by atoms with Crippen LogP contribution in [0.4, 0.5) is 11.4 Å². The molecule has 120 valence electrons. The quantitative estimate of drug-likeness (QED) is 0.595. The van der Waals surface area contributed by atoms with Gasteiger partial charge in [-0.2, -0.15) is 0 Å². The van der Waals surface area contributed by atoms with E-state index in [-0.39, 0.29) is 23.9 Å². The van der Waals surface area contributed by atoms with E-state index >= 15 is 0 Å². The van der Waals surface area contributed by atoms with Crippen molar-refractivity contribution in [2.24, 2.45) is 0 Å². The number of nitro benzene ring substituents is 1. The van der Waals surface area contributed by atoms with Crippen LogP contribution in [0, 0.1) is 10.1 Å². The number of anilines is 1. The lowest BCUT2D eigenvalue weighted by Gasteiger charge is -2.10. The Kier molecular flexibility index (Phi) is 5.59. The Bertz CT molecular complexity index is 691. The summed E-state index contributed by atoms with van der Waals surface area (Å²) in [5, 5.41) is 16.3. The Morgan fingerprint density at radius 1 is 1.35 bits per heavy atom. The normalized spacial score (nSPS) is 10.1. The Morgan fingerprint density at radius 2 is 2.17 bits per heavy atom. The number of rotatable bonds is 7. The number of ether oxygens (including phenoxy) is 1. The first kappa shape index (κ1) is 16.4. The fraction of sp³-hybridized carbons (Fsp3) is 0.200. The van der Waals surface area contributed by atoms with Crippen LogP contribution in [0.15, 0.2) is 42.6 Å². The molecule has 0 spiro atoms. The van der Waals surface area contributed by atoms with E-state index in [1.807, 2.05) is 18.2 Å². The third-order valence-corrected chi connectivity index (χ3v) is 2.99. The van der Waals surface area contributed by atoms with Crippen molar-refractivity contribution in [3.63, 3.8) is 0 Å². The summed E-state index contributed by atoms with van der Waals surface area (Å²) in [6.45, 7) is 0.544. The number of hydrogen-bond acceptors (Lipinski definition) is 6. The summed E-state index contributed by atoms with van der Waals surface area (Å²) in [5.74, 6) is -0.0506. The smallest absolute Gasteiger partial charge is 0.273 e. The summed E-state index contributed by atoms with van der Waals surface area (Å²) in [4.78, 5) is 26.2. The molecule has 2 aromatic rings. The highest BCUT2D eigenvalue weighted by Gasteiger charge is 2.13. The van der Waals surface area contributed by atoms with Gasteiger partial charge < -0.3 is 15.4 Å². The molecule has 8 heteroatoms. The molecule has 2 rings (SSSR count). The van der Waals surface area contributed by atoms with Gasteiger partial charge >= 0.3 is 0 Å². The van der Waals surface area contributed by atoms with Gasteiger partial charge in [-0.25, -0.2) is 0 Å². The van der Waals surface area contributed by atoms with Crippen molar-refractivity contribution in [3.05, 3.63) is 58.4 Å². The Labute approximate surface area is 132 Å². The molecule has 0 aliphatic rings. The molecule has 0 bridgehead atoms. The van der Waals surface area contributed by atoms with Crippen molar-refractivity contribution >= 4 is 17.3 Å². The molecule has 23 heavy (non-hydrogen) atoms. The monoisotopic (exact) mass is 316 g/mol. The molecule has 2 N–H and O–H groups in total. The number of carbonyl (C=O) groups excluding carboxylic acids is 1. The van der Waals surface area contributed by atoms with Gasteiger partial charge in [0.15, 0.2) is 0 Å². The van der Waals surface area contributed by atoms with E-state index in [9.17, 15) is 14.9 Å². The predicted octanol–water partition coefficient (Wildman–Crippen LogP) is 1.73. The van der Waals surface area contributed by atoms with Crippen LogP contribution in [0.3, 0.4) is 0 Å². The maximum absolute atomic E-state index is 11.9. The van der Waals surface area contributed by atoms with E-state index in [4.69, 9.17) is 4.74 Å². The molecule has 0 saturated heterocycles. The van der Waals surface area contributed by atoms with Crippen LogP contribution in [-0.4, -0.2) is 29.5 Å². The van der Waals surface area contributed by atoms with Crippen molar-refractivity contribution in [3.8, 4) is 5.75 Å². The highest BCUT2D eigenvalue weighted by molar-refractivity contribution is 5.93. The fourth-order valence-corrected chi connectivity index (χ4v) is 1.90. The average molecular weight is 316 g/mol. The van der Waals surface area contributed by atoms with Crippen molar-refractivity contribution in [2.45, 2.75) is 6.54 Å². The number of methoxy groups -OCH3 is 1. The minimum atomic E-state index is -0.525. The number of nitrogens with one attached hydrogen (secondary N) is 2. The van der Waals surface area contributed by atoms with Gasteiger partial charge in [0.05, 0.1) is 36.0 Å². The lowest BCUT2D eigenvalue weighted by molar-refractivity contribution is -0.384. The van der Waals surface area contributed by atoms with Gasteiger partial charge in [-0.15, -0.1) is 0 Å². The number of non-ortho nitro benzene ring substituents is 1. The fourth-order valence-electron chi connectivity index (χ4n) is 1.90. The first-order valence-electron chi connectivity index (χ1n) is 6.83. The molecule has 0 unspecified atom stereocenters. The Balaban J connectivity index is 1.91. The van der Waals surface area contributed by atoms with Gasteiger partial charge in [0, 0.05) is 18.8 Å². The lowest BCUT2D eigenvalue weighted by atomic mass is 10.2. The summed E-state index contributed by atoms with van der Waals surface area (Å²) in [7, 11) is 1.38. The highest BCUT2D eigenvalue weighted by Crippen LogP contribution is 2.28. The van der Waals surface area contributed by atoms with Gasteiger partial charge in [-0.3, -0.25) is 19.9 Å². The zero-order valence-corrected chi connectivity index (χ0v) is 12.5. The van der Waals surface area contributed by atoms with E-state index in [1.165, 1.54) is 25.3 Å². The van der Waals surface area contributed by atoms with Crippen LogP contribution >= 0.6 is 0 Å². The lowest BCUT2D eigenvalue weighted by Crippen LogP contribution is -2.28. The SMILES string of the molecule is COc1cc([N+](=O)[O-])ccc1NC(=O)CNCc1ccccn1. The van der Waals surface area contributed by atoms with Gasteiger partial charge in [0.1, 0.15) is 5.75 Å². The second-order valence-electron chi connectivity index (χ2n) is 4.61. The molecule has 0 fully saturated rings. The molecule has 0 aliphatic heterocycles. The molecule has 8 nitrogen and oxygen atoms in total. The van der Waals surface area contributed by atoms with Crippen LogP contribution < -0.4 is 15.4 Å². The number of carbonyl (C=O) groups is 1. The zero-order valence-electron chi connectivity index (χ0n) is 12.5. The number of nitrogens with zero attached hydrogens (tertiary/aromatic N) is 2. The Morgan fingerprint density at radius 3 is 2.83 bits per heavy atom. The van der Waals surface area contributed by atoms with Gasteiger partial charge in [-0.05, 0) is 18.2 Å². The molecule has 1 amide bonds. The molecule has 1 aromatic carbocycles. The predicted molar refractivity (Wildman–Crippen MR) is 84.2 cm³/mol. The van der Waals surface area contributed by atoms with E-state index in [1.54, 1.807) is 6.20 Å². The third kappa shape index (κ3) is 4.75. The zero-order chi connectivity index (χ0) is 16.7. The molecule has 0 saturated carbocycles. The summed E-state index contributed by atoms with van der Waals surface area (Å²) in [5.41, 5.74) is 1.10. The second kappa shape index (κ2) is 7.85. The van der Waals surface area contributed by atoms with Crippen LogP contribution in [0.2, 0.25) is 0 Å². The van der Waals surface area contributed by atoms with Crippen molar-refractivity contribution in [2.75, 3.05) is 19.0 Å². The van der Waals surface area contributed by atoms with Gasteiger partial charge in [0.25, 0.3) is 5.69 Å². The van der Waals surface area contributed by atoms with Gasteiger partial charge in [-0.1, -0.05) is 6.07 Å². The first-order valence-corrected chi connectivity index (χ1v) is 6.83. The number of amides is 1. The molecule has 0 radical (unpaired) electrons. The maximum atomic E-state index is 11.9. The largest absolute Gasteiger partial charge is 0.494 e. The molecule has 1 aromatic heterocycles. The minimum Gasteiger partial charge on any atom is -0.494 e. The van der Waals surface area contributed by atoms with Crippen molar-refractivity contribution < 1.29 is 14.5 Å². The highest BCUT2D eigenvalue weighted by atomic mass is 16.6. The minimum absolute atomic E-state index is 0.0801. The number of benzene rings is 1. The van der Waals surface area contributed by atoms with Crippen LogP contribution in [0.25, 0.3) is 0 Å². The molecule has 0 aliphatic carbocycles. The molecule has 0 atom stereocenters. The molecule has 1 heterocycles. The molecular weight excluding hydrogens is 300 g/mol. The average Bonchev–Trinajstić information content (AvgIpc) is 2.56. The van der Waals surface area contributed by atoms with Crippen LogP contribution in [0.5, 0.6) is 5.75 Å². The van der Waals surface area contributed by atoms with Crippen molar-refractivity contribution in [1.82, 2.24) is 10.3 Å². The molecular formula is C15H16N4O4. The van der Waals surface area contributed by atoms with E-state index < -0.39 is 4.92 Å². The summed E-state index contributed by atoms with van der Waals surface area (Å²) >= 11 is 0. The maximum Gasteiger partial charge on any atom is 0.273 e. The van der Waals surface area contributed by atoms with Gasteiger partial charge in [0.2, 0.25) is 5.91 Å². The summed E-state index contributed by atoms with van der Waals surface area (Å²) in [6, 6.07) is 9.54. The van der Waals surface area contributed by atoms with E-state index in [0.717, 1.165) is 5.69 Å². The number of pyridine rings is 1. The summed E-state index contributed by atoms with van der Waals surface area (Å²) in [6.07, 6.45) is 1.68. The number of hydrogen-bond donors (Lipinski definition) is 2.